The first-order chi connectivity index (χ1) is 11.3. The fourth-order valence-corrected chi connectivity index (χ4v) is 4.74. The first-order valence-corrected chi connectivity index (χ1v) is 9.51. The number of nitrogens with one attached hydrogen (secondary N) is 1. The zero-order valence-electron chi connectivity index (χ0n) is 13.5. The number of nitrogens with two attached hydrogens (primary N) is 1. The van der Waals surface area contributed by atoms with Gasteiger partial charge in [0.05, 0.1) is 0 Å². The van der Waals surface area contributed by atoms with E-state index in [2.05, 4.69) is 5.32 Å². The summed E-state index contributed by atoms with van der Waals surface area (Å²) in [6.07, 6.45) is 1.77. The molecule has 1 amide bonds. The van der Waals surface area contributed by atoms with Crippen molar-refractivity contribution in [2.45, 2.75) is 17.7 Å². The van der Waals surface area contributed by atoms with Crippen LogP contribution in [0.25, 0.3) is 0 Å². The summed E-state index contributed by atoms with van der Waals surface area (Å²) in [5, 5.41) is 3.37. The van der Waals surface area contributed by atoms with E-state index in [4.69, 9.17) is 22.1 Å². The van der Waals surface area contributed by atoms with E-state index >= 15 is 0 Å². The number of carbonyl (C=O) groups excluding carboxylic acids is 1. The quantitative estimate of drug-likeness (QED) is 0.734. The Balaban J connectivity index is 2.30. The summed E-state index contributed by atoms with van der Waals surface area (Å²) in [6, 6.07) is 4.29. The number of carbonyl (C=O) groups is 1. The summed E-state index contributed by atoms with van der Waals surface area (Å²) < 4.78 is 32.7. The molecule has 0 aromatic heterocycles. The number of ether oxygens (including phenoxy) is 1. The number of piperidine rings is 1. The van der Waals surface area contributed by atoms with Gasteiger partial charge < -0.3 is 15.8 Å². The topological polar surface area (TPSA) is 102 Å². The molecule has 9 heteroatoms. The maximum absolute atomic E-state index is 13.0. The van der Waals surface area contributed by atoms with Crippen LogP contribution < -0.4 is 15.8 Å². The lowest BCUT2D eigenvalue weighted by atomic mass is 10.00. The second-order valence-corrected chi connectivity index (χ2v) is 8.12. The molecular formula is C15H22ClN3O4S. The Kier molecular flexibility index (Phi) is 6.45. The maximum Gasteiger partial charge on any atom is 0.255 e. The highest BCUT2D eigenvalue weighted by atomic mass is 35.5. The Labute approximate surface area is 147 Å². The van der Waals surface area contributed by atoms with Crippen molar-refractivity contribution in [3.05, 3.63) is 23.2 Å². The van der Waals surface area contributed by atoms with Gasteiger partial charge in [-0.05, 0) is 50.6 Å². The number of primary amides is 1. The van der Waals surface area contributed by atoms with Crippen LogP contribution in [0.1, 0.15) is 12.8 Å². The predicted octanol–water partition coefficient (Wildman–Crippen LogP) is 0.824. The van der Waals surface area contributed by atoms with Gasteiger partial charge in [-0.25, -0.2) is 8.42 Å². The fraction of sp³-hybridized carbons (Fsp3) is 0.533. The number of hydrogen-bond acceptors (Lipinski definition) is 5. The third kappa shape index (κ3) is 4.60. The first kappa shape index (κ1) is 19.0. The van der Waals surface area contributed by atoms with Crippen LogP contribution in [-0.2, 0) is 14.8 Å². The lowest BCUT2D eigenvalue weighted by Crippen LogP contribution is -2.42. The van der Waals surface area contributed by atoms with Gasteiger partial charge in [0.1, 0.15) is 10.6 Å². The molecule has 1 atom stereocenters. The monoisotopic (exact) mass is 375 g/mol. The minimum Gasteiger partial charge on any atom is -0.482 e. The molecule has 1 unspecified atom stereocenters. The van der Waals surface area contributed by atoms with Gasteiger partial charge in [0.2, 0.25) is 10.0 Å². The largest absolute Gasteiger partial charge is 0.482 e. The van der Waals surface area contributed by atoms with Crippen LogP contribution in [0.5, 0.6) is 5.75 Å². The van der Waals surface area contributed by atoms with E-state index in [9.17, 15) is 13.2 Å². The number of amides is 1. The Morgan fingerprint density at radius 3 is 2.92 bits per heavy atom. The normalized spacial score (nSPS) is 19.2. The molecule has 3 N–H and O–H groups in total. The smallest absolute Gasteiger partial charge is 0.255 e. The number of rotatable bonds is 7. The Morgan fingerprint density at radius 1 is 1.50 bits per heavy atom. The Morgan fingerprint density at radius 2 is 2.25 bits per heavy atom. The van der Waals surface area contributed by atoms with Gasteiger partial charge in [-0.3, -0.25) is 4.79 Å². The lowest BCUT2D eigenvalue weighted by molar-refractivity contribution is -0.120. The van der Waals surface area contributed by atoms with Crippen molar-refractivity contribution in [2.75, 3.05) is 33.3 Å². The van der Waals surface area contributed by atoms with Gasteiger partial charge in [0.15, 0.2) is 6.61 Å². The zero-order chi connectivity index (χ0) is 17.7. The van der Waals surface area contributed by atoms with Crippen molar-refractivity contribution >= 4 is 27.5 Å². The van der Waals surface area contributed by atoms with Crippen LogP contribution in [0.3, 0.4) is 0 Å². The van der Waals surface area contributed by atoms with Gasteiger partial charge in [0.25, 0.3) is 5.91 Å². The number of benzene rings is 1. The highest BCUT2D eigenvalue weighted by molar-refractivity contribution is 7.89. The van der Waals surface area contributed by atoms with E-state index in [0.29, 0.717) is 13.1 Å². The number of halogens is 1. The standard InChI is InChI=1S/C15H22ClN3O4S/c1-18-8-11-3-2-6-19(9-11)24(21,22)14-7-12(16)4-5-13(14)23-10-15(17)20/h4-5,7,11,18H,2-3,6,8-10H2,1H3,(H2,17,20). The molecule has 1 aromatic rings. The Bertz CT molecular complexity index is 694. The second kappa shape index (κ2) is 8.15. The van der Waals surface area contributed by atoms with E-state index in [-0.39, 0.29) is 21.6 Å². The van der Waals surface area contributed by atoms with Gasteiger partial charge in [-0.1, -0.05) is 11.6 Å². The minimum atomic E-state index is -3.77. The first-order valence-electron chi connectivity index (χ1n) is 7.70. The number of nitrogens with zero attached hydrogens (tertiary/aromatic N) is 1. The van der Waals surface area contributed by atoms with Crippen molar-refractivity contribution in [3.63, 3.8) is 0 Å². The molecule has 24 heavy (non-hydrogen) atoms. The molecule has 1 fully saturated rings. The van der Waals surface area contributed by atoms with Gasteiger partial charge in [-0.15, -0.1) is 0 Å². The molecule has 1 aliphatic heterocycles. The van der Waals surface area contributed by atoms with Gasteiger partial charge >= 0.3 is 0 Å². The van der Waals surface area contributed by atoms with Crippen LogP contribution in [0, 0.1) is 5.92 Å². The van der Waals surface area contributed by atoms with E-state index < -0.39 is 22.5 Å². The third-order valence-electron chi connectivity index (χ3n) is 3.87. The number of hydrogen-bond donors (Lipinski definition) is 2. The average molecular weight is 376 g/mol. The number of sulfonamides is 1. The highest BCUT2D eigenvalue weighted by Crippen LogP contribution is 2.32. The summed E-state index contributed by atoms with van der Waals surface area (Å²) in [5.74, 6) is -0.345. The molecule has 1 saturated heterocycles. The minimum absolute atomic E-state index is 0.0404. The van der Waals surface area contributed by atoms with Gasteiger partial charge in [0, 0.05) is 18.1 Å². The summed E-state index contributed by atoms with van der Waals surface area (Å²) >= 11 is 5.96. The van der Waals surface area contributed by atoms with Crippen molar-refractivity contribution in [1.82, 2.24) is 9.62 Å². The average Bonchev–Trinajstić information content (AvgIpc) is 2.54. The van der Waals surface area contributed by atoms with Crippen LogP contribution in [0.4, 0.5) is 0 Å². The van der Waals surface area contributed by atoms with Crippen molar-refractivity contribution in [3.8, 4) is 5.75 Å². The van der Waals surface area contributed by atoms with E-state index in [1.165, 1.54) is 22.5 Å². The summed E-state index contributed by atoms with van der Waals surface area (Å²) in [6.45, 7) is 1.24. The SMILES string of the molecule is CNCC1CCCN(S(=O)(=O)c2cc(Cl)ccc2OCC(N)=O)C1. The molecule has 0 saturated carbocycles. The molecule has 0 spiro atoms. The molecule has 1 aliphatic rings. The summed E-state index contributed by atoms with van der Waals surface area (Å²) in [7, 11) is -1.92. The molecule has 0 bridgehead atoms. The van der Waals surface area contributed by atoms with Crippen LogP contribution in [0.2, 0.25) is 5.02 Å². The predicted molar refractivity (Wildman–Crippen MR) is 91.6 cm³/mol. The maximum atomic E-state index is 13.0. The molecule has 0 aliphatic carbocycles. The van der Waals surface area contributed by atoms with Crippen molar-refractivity contribution in [2.24, 2.45) is 11.7 Å². The highest BCUT2D eigenvalue weighted by Gasteiger charge is 2.32. The van der Waals surface area contributed by atoms with Crippen LogP contribution in [0.15, 0.2) is 23.1 Å². The van der Waals surface area contributed by atoms with E-state index in [1.54, 1.807) is 0 Å². The molecule has 7 nitrogen and oxygen atoms in total. The molecule has 1 aromatic carbocycles. The molecule has 2 rings (SSSR count). The fourth-order valence-electron chi connectivity index (χ4n) is 2.79. The molecule has 1 heterocycles. The van der Waals surface area contributed by atoms with Crippen molar-refractivity contribution < 1.29 is 17.9 Å². The van der Waals surface area contributed by atoms with Gasteiger partial charge in [-0.2, -0.15) is 4.31 Å². The summed E-state index contributed by atoms with van der Waals surface area (Å²) in [4.78, 5) is 10.9. The second-order valence-electron chi connectivity index (χ2n) is 5.78. The zero-order valence-corrected chi connectivity index (χ0v) is 15.1. The molecular weight excluding hydrogens is 354 g/mol. The van der Waals surface area contributed by atoms with E-state index in [1.807, 2.05) is 7.05 Å². The van der Waals surface area contributed by atoms with E-state index in [0.717, 1.165) is 19.4 Å². The van der Waals surface area contributed by atoms with Crippen LogP contribution >= 0.6 is 11.6 Å². The molecule has 0 radical (unpaired) electrons. The Hall–Kier alpha value is -1.35. The lowest BCUT2D eigenvalue weighted by Gasteiger charge is -2.32. The van der Waals surface area contributed by atoms with Crippen molar-refractivity contribution in [1.29, 1.82) is 0 Å². The van der Waals surface area contributed by atoms with Crippen LogP contribution in [-0.4, -0.2) is 51.9 Å². The summed E-state index contributed by atoms with van der Waals surface area (Å²) in [5.41, 5.74) is 5.07. The third-order valence-corrected chi connectivity index (χ3v) is 5.99. The molecule has 134 valence electrons.